The molecule has 0 spiro atoms. The maximum absolute atomic E-state index is 12.7. The predicted molar refractivity (Wildman–Crippen MR) is 80.7 cm³/mol. The summed E-state index contributed by atoms with van der Waals surface area (Å²) in [5.41, 5.74) is 1.37. The first-order valence-corrected chi connectivity index (χ1v) is 7.47. The van der Waals surface area contributed by atoms with Gasteiger partial charge in [-0.05, 0) is 37.0 Å². The van der Waals surface area contributed by atoms with Crippen LogP contribution in [0.2, 0.25) is 5.02 Å². The molecule has 5 nitrogen and oxygen atoms in total. The zero-order valence-corrected chi connectivity index (χ0v) is 12.6. The smallest absolute Gasteiger partial charge is 0.255 e. The van der Waals surface area contributed by atoms with Crippen LogP contribution in [0.25, 0.3) is 5.69 Å². The third-order valence-corrected chi connectivity index (χ3v) is 4.17. The summed E-state index contributed by atoms with van der Waals surface area (Å²) in [4.78, 5) is 14.6. The van der Waals surface area contributed by atoms with Crippen molar-refractivity contribution < 1.29 is 4.79 Å². The van der Waals surface area contributed by atoms with E-state index in [1.807, 2.05) is 11.0 Å². The van der Waals surface area contributed by atoms with E-state index in [2.05, 4.69) is 17.1 Å². The molecular weight excluding hydrogens is 288 g/mol. The van der Waals surface area contributed by atoms with Gasteiger partial charge in [-0.2, -0.15) is 0 Å². The van der Waals surface area contributed by atoms with E-state index in [0.717, 1.165) is 25.2 Å². The Morgan fingerprint density at radius 1 is 1.33 bits per heavy atom. The van der Waals surface area contributed by atoms with Crippen LogP contribution in [0.5, 0.6) is 0 Å². The zero-order valence-electron chi connectivity index (χ0n) is 11.9. The SMILES string of the molecule is CC1CCCN(C(=O)c2cc(-n3cnnc3)ccc2Cl)C1. The van der Waals surface area contributed by atoms with Crippen molar-refractivity contribution in [2.24, 2.45) is 5.92 Å². The van der Waals surface area contributed by atoms with E-state index in [4.69, 9.17) is 11.6 Å². The molecule has 1 aliphatic rings. The molecule has 1 aromatic heterocycles. The standard InChI is InChI=1S/C15H17ClN4O/c1-11-3-2-6-19(8-11)15(21)13-7-12(4-5-14(13)16)20-9-17-18-10-20/h4-5,7,9-11H,2-3,6,8H2,1H3. The Morgan fingerprint density at radius 2 is 2.10 bits per heavy atom. The van der Waals surface area contributed by atoms with Gasteiger partial charge in [-0.15, -0.1) is 10.2 Å². The van der Waals surface area contributed by atoms with Crippen molar-refractivity contribution in [2.75, 3.05) is 13.1 Å². The molecule has 2 heterocycles. The van der Waals surface area contributed by atoms with Crippen LogP contribution < -0.4 is 0 Å². The van der Waals surface area contributed by atoms with Crippen LogP contribution in [0.15, 0.2) is 30.9 Å². The number of likely N-dealkylation sites (tertiary alicyclic amines) is 1. The molecule has 1 fully saturated rings. The summed E-state index contributed by atoms with van der Waals surface area (Å²) in [6.45, 7) is 3.77. The van der Waals surface area contributed by atoms with Gasteiger partial charge in [0.25, 0.3) is 5.91 Å². The van der Waals surface area contributed by atoms with E-state index in [1.54, 1.807) is 29.4 Å². The van der Waals surface area contributed by atoms with Gasteiger partial charge in [0.2, 0.25) is 0 Å². The van der Waals surface area contributed by atoms with Crippen LogP contribution in [-0.4, -0.2) is 38.7 Å². The molecule has 1 atom stereocenters. The summed E-state index contributed by atoms with van der Waals surface area (Å²) in [6, 6.07) is 5.39. The minimum absolute atomic E-state index is 0.00137. The van der Waals surface area contributed by atoms with Crippen molar-refractivity contribution in [3.8, 4) is 5.69 Å². The first-order chi connectivity index (χ1) is 10.1. The average Bonchev–Trinajstić information content (AvgIpc) is 3.01. The van der Waals surface area contributed by atoms with Gasteiger partial charge in [0, 0.05) is 18.8 Å². The molecule has 2 aromatic rings. The Balaban J connectivity index is 1.90. The summed E-state index contributed by atoms with van der Waals surface area (Å²) in [5, 5.41) is 8.04. The third kappa shape index (κ3) is 2.93. The molecule has 1 saturated heterocycles. The molecular formula is C15H17ClN4O. The van der Waals surface area contributed by atoms with E-state index < -0.39 is 0 Å². The molecule has 1 unspecified atom stereocenters. The lowest BCUT2D eigenvalue weighted by molar-refractivity contribution is 0.0683. The van der Waals surface area contributed by atoms with Gasteiger partial charge in [0.15, 0.2) is 0 Å². The van der Waals surface area contributed by atoms with Crippen molar-refractivity contribution in [2.45, 2.75) is 19.8 Å². The molecule has 21 heavy (non-hydrogen) atoms. The largest absolute Gasteiger partial charge is 0.338 e. The van der Waals surface area contributed by atoms with Crippen molar-refractivity contribution in [1.82, 2.24) is 19.7 Å². The zero-order chi connectivity index (χ0) is 14.8. The van der Waals surface area contributed by atoms with Gasteiger partial charge in [0.1, 0.15) is 12.7 Å². The summed E-state index contributed by atoms with van der Waals surface area (Å²) in [7, 11) is 0. The van der Waals surface area contributed by atoms with Crippen LogP contribution in [0.3, 0.4) is 0 Å². The fraction of sp³-hybridized carbons (Fsp3) is 0.400. The first-order valence-electron chi connectivity index (χ1n) is 7.09. The molecule has 3 rings (SSSR count). The highest BCUT2D eigenvalue weighted by molar-refractivity contribution is 6.33. The number of rotatable bonds is 2. The lowest BCUT2D eigenvalue weighted by Crippen LogP contribution is -2.39. The van der Waals surface area contributed by atoms with Crippen molar-refractivity contribution in [3.63, 3.8) is 0 Å². The molecule has 0 saturated carbocycles. The van der Waals surface area contributed by atoms with Crippen LogP contribution in [0, 0.1) is 5.92 Å². The average molecular weight is 305 g/mol. The highest BCUT2D eigenvalue weighted by Crippen LogP contribution is 2.24. The lowest BCUT2D eigenvalue weighted by atomic mass is 9.99. The molecule has 0 bridgehead atoms. The quantitative estimate of drug-likeness (QED) is 0.857. The second-order valence-corrected chi connectivity index (χ2v) is 5.94. The molecule has 110 valence electrons. The highest BCUT2D eigenvalue weighted by atomic mass is 35.5. The second-order valence-electron chi connectivity index (χ2n) is 5.53. The molecule has 0 N–H and O–H groups in total. The monoisotopic (exact) mass is 304 g/mol. The summed E-state index contributed by atoms with van der Waals surface area (Å²) < 4.78 is 1.76. The molecule has 6 heteroatoms. The number of hydrogen-bond donors (Lipinski definition) is 0. The van der Waals surface area contributed by atoms with Gasteiger partial charge in [-0.3, -0.25) is 9.36 Å². The first kappa shape index (κ1) is 14.1. The summed E-state index contributed by atoms with van der Waals surface area (Å²) in [6.07, 6.45) is 5.43. The third-order valence-electron chi connectivity index (χ3n) is 3.84. The fourth-order valence-corrected chi connectivity index (χ4v) is 2.91. The fourth-order valence-electron chi connectivity index (χ4n) is 2.72. The Bertz CT molecular complexity index is 641. The highest BCUT2D eigenvalue weighted by Gasteiger charge is 2.23. The van der Waals surface area contributed by atoms with Crippen molar-refractivity contribution >= 4 is 17.5 Å². The second kappa shape index (κ2) is 5.85. The van der Waals surface area contributed by atoms with Crippen molar-refractivity contribution in [1.29, 1.82) is 0 Å². The number of nitrogens with zero attached hydrogens (tertiary/aromatic N) is 4. The van der Waals surface area contributed by atoms with Gasteiger partial charge < -0.3 is 4.90 Å². The number of aromatic nitrogens is 3. The molecule has 0 aliphatic carbocycles. The van der Waals surface area contributed by atoms with Gasteiger partial charge >= 0.3 is 0 Å². The van der Waals surface area contributed by atoms with Crippen LogP contribution in [-0.2, 0) is 0 Å². The molecule has 1 aromatic carbocycles. The minimum atomic E-state index is 0.00137. The van der Waals surface area contributed by atoms with E-state index in [-0.39, 0.29) is 5.91 Å². The van der Waals surface area contributed by atoms with E-state index in [9.17, 15) is 4.79 Å². The normalized spacial score (nSPS) is 18.8. The van der Waals surface area contributed by atoms with Gasteiger partial charge in [-0.25, -0.2) is 0 Å². The van der Waals surface area contributed by atoms with E-state index in [0.29, 0.717) is 16.5 Å². The predicted octanol–water partition coefficient (Wildman–Crippen LogP) is 2.79. The number of hydrogen-bond acceptors (Lipinski definition) is 3. The number of amides is 1. The van der Waals surface area contributed by atoms with E-state index in [1.165, 1.54) is 6.42 Å². The number of piperidine rings is 1. The van der Waals surface area contributed by atoms with Crippen molar-refractivity contribution in [3.05, 3.63) is 41.4 Å². The maximum atomic E-state index is 12.7. The summed E-state index contributed by atoms with van der Waals surface area (Å²) in [5.74, 6) is 0.545. The molecule has 0 radical (unpaired) electrons. The number of carbonyl (C=O) groups is 1. The Kier molecular flexibility index (Phi) is 3.92. The molecule has 1 amide bonds. The topological polar surface area (TPSA) is 51.0 Å². The Hall–Kier alpha value is -1.88. The maximum Gasteiger partial charge on any atom is 0.255 e. The van der Waals surface area contributed by atoms with Crippen LogP contribution in [0.1, 0.15) is 30.1 Å². The minimum Gasteiger partial charge on any atom is -0.338 e. The van der Waals surface area contributed by atoms with Gasteiger partial charge in [0.05, 0.1) is 10.6 Å². The van der Waals surface area contributed by atoms with Crippen LogP contribution in [0.4, 0.5) is 0 Å². The van der Waals surface area contributed by atoms with Gasteiger partial charge in [-0.1, -0.05) is 18.5 Å². The number of halogens is 1. The summed E-state index contributed by atoms with van der Waals surface area (Å²) >= 11 is 6.22. The van der Waals surface area contributed by atoms with E-state index >= 15 is 0 Å². The Morgan fingerprint density at radius 3 is 2.81 bits per heavy atom. The Labute approximate surface area is 128 Å². The number of benzene rings is 1. The lowest BCUT2D eigenvalue weighted by Gasteiger charge is -2.31. The van der Waals surface area contributed by atoms with Crippen LogP contribution >= 0.6 is 11.6 Å². The molecule has 1 aliphatic heterocycles. The number of carbonyl (C=O) groups excluding carboxylic acids is 1.